The van der Waals surface area contributed by atoms with Crippen LogP contribution in [-0.2, 0) is 7.05 Å². The van der Waals surface area contributed by atoms with Crippen LogP contribution in [0.25, 0.3) is 11.0 Å². The summed E-state index contributed by atoms with van der Waals surface area (Å²) in [4.78, 5) is 16.5. The summed E-state index contributed by atoms with van der Waals surface area (Å²) in [7, 11) is 4.76. The van der Waals surface area contributed by atoms with Gasteiger partial charge < -0.3 is 45.9 Å². The van der Waals surface area contributed by atoms with Gasteiger partial charge >= 0.3 is 0 Å². The van der Waals surface area contributed by atoms with Crippen LogP contribution in [0.4, 0.5) is 28.7 Å². The van der Waals surface area contributed by atoms with E-state index < -0.39 is 0 Å². The highest BCUT2D eigenvalue weighted by Crippen LogP contribution is 2.29. The Balaban J connectivity index is 0.000000337. The lowest BCUT2D eigenvalue weighted by atomic mass is 10.2. The molecule has 0 saturated heterocycles. The second kappa shape index (κ2) is 26.4. The van der Waals surface area contributed by atoms with E-state index in [2.05, 4.69) is 90.1 Å². The fourth-order valence-electron chi connectivity index (χ4n) is 4.93. The van der Waals surface area contributed by atoms with Crippen molar-refractivity contribution in [2.45, 2.75) is 14.9 Å². The van der Waals surface area contributed by atoms with Crippen molar-refractivity contribution >= 4 is 101 Å². The molecule has 4 aromatic carbocycles. The van der Waals surface area contributed by atoms with Gasteiger partial charge in [0.05, 0.1) is 57.1 Å². The summed E-state index contributed by atoms with van der Waals surface area (Å²) in [6.07, 6.45) is 5.63. The molecule has 0 amide bonds. The molecule has 0 atom stereocenters. The largest absolute Gasteiger partial charge is 0.457 e. The van der Waals surface area contributed by atoms with Crippen molar-refractivity contribution in [2.24, 2.45) is 22.4 Å². The van der Waals surface area contributed by atoms with Gasteiger partial charge in [-0.25, -0.2) is 4.98 Å². The average Bonchev–Trinajstić information content (AvgIpc) is 3.55. The number of thiocarbonyl (C=S) groups is 1. The summed E-state index contributed by atoms with van der Waals surface area (Å²) in [5.74, 6) is 3.18. The van der Waals surface area contributed by atoms with E-state index in [9.17, 15) is 0 Å². The van der Waals surface area contributed by atoms with Gasteiger partial charge in [0.2, 0.25) is 5.95 Å². The van der Waals surface area contributed by atoms with Gasteiger partial charge in [-0.2, -0.15) is 4.99 Å². The number of anilines is 4. The Hall–Kier alpha value is -6.69. The number of nitrogen functional groups attached to an aromatic ring is 1. The molecule has 18 heteroatoms. The van der Waals surface area contributed by atoms with Crippen LogP contribution in [0.1, 0.15) is 26.2 Å². The zero-order valence-corrected chi connectivity index (χ0v) is 35.7. The van der Waals surface area contributed by atoms with Gasteiger partial charge in [-0.3, -0.25) is 9.97 Å². The quantitative estimate of drug-likeness (QED) is 0.0249. The number of hydrogen-bond acceptors (Lipinski definition) is 15. The predicted octanol–water partition coefficient (Wildman–Crippen LogP) is 11.4. The SMILES string of the molecule is C.C.CNc1ccc(Oc2ccnc(/C=N\O)c2)cc1N.CO.Cn1c(Nc2ccc(Br)cc2)nc2cc(Oc3ccnc(/C=N\O)c3)ccc21.S=C=Nc1ccc(Br)cc1. The molecular weight excluding hydrogens is 928 g/mol. The number of isothiocyanates is 1. The van der Waals surface area contributed by atoms with Crippen molar-refractivity contribution in [1.29, 1.82) is 0 Å². The van der Waals surface area contributed by atoms with E-state index in [-0.39, 0.29) is 14.9 Å². The lowest BCUT2D eigenvalue weighted by Gasteiger charge is -2.09. The number of aliphatic imine (C=N–C) groups is 1. The Morgan fingerprint density at radius 1 is 0.738 bits per heavy atom. The number of ether oxygens (including phenoxy) is 2. The first-order chi connectivity index (χ1) is 28.7. The lowest BCUT2D eigenvalue weighted by molar-refractivity contribution is 0.321. The van der Waals surface area contributed by atoms with Crippen LogP contribution in [0.2, 0.25) is 0 Å². The third-order valence-electron chi connectivity index (χ3n) is 7.60. The number of aliphatic hydroxyl groups is 1. The summed E-state index contributed by atoms with van der Waals surface area (Å²) >= 11 is 11.2. The molecule has 0 saturated carbocycles. The molecule has 0 unspecified atom stereocenters. The van der Waals surface area contributed by atoms with Gasteiger partial charge in [0.1, 0.15) is 23.0 Å². The van der Waals surface area contributed by atoms with Crippen LogP contribution in [0, 0.1) is 0 Å². The van der Waals surface area contributed by atoms with Crippen LogP contribution in [-0.4, -0.2) is 66.8 Å². The van der Waals surface area contributed by atoms with Crippen LogP contribution >= 0.6 is 44.1 Å². The van der Waals surface area contributed by atoms with E-state index >= 15 is 0 Å². The molecule has 3 heterocycles. The number of rotatable bonds is 10. The molecule has 0 spiro atoms. The van der Waals surface area contributed by atoms with E-state index in [1.165, 1.54) is 12.4 Å². The standard InChI is InChI=1S/C20H16BrN5O2.C13H14N4O2.C7H4BrNS.CH4O.2CH4/c1-26-19-7-6-16(28-17-8-9-22-15(10-17)12-23-27)11-18(19)25-20(26)24-14-4-2-13(21)3-5-14;1-15-13-3-2-10(7-12(13)14)19-11-4-5-16-9(6-11)8-17-18;8-6-1-3-7(4-2-6)9-5-10;1-2;;/h2-12,27H,1H3,(H,24,25);2-8,15,18H,14H2,1H3;1-4H;2H,1H3;2*1H4/b23-12-;17-8-;;;;. The number of nitrogens with one attached hydrogen (secondary N) is 2. The molecule has 61 heavy (non-hydrogen) atoms. The van der Waals surface area contributed by atoms with Gasteiger partial charge in [0, 0.05) is 72.5 Å². The highest BCUT2D eigenvalue weighted by molar-refractivity contribution is 9.10. The summed E-state index contributed by atoms with van der Waals surface area (Å²) in [5, 5.41) is 38.6. The molecule has 0 aliphatic heterocycles. The lowest BCUT2D eigenvalue weighted by Crippen LogP contribution is -1.98. The second-order valence-electron chi connectivity index (χ2n) is 11.5. The molecule has 0 aliphatic carbocycles. The first-order valence-electron chi connectivity index (χ1n) is 17.1. The highest BCUT2D eigenvalue weighted by Gasteiger charge is 2.10. The number of benzene rings is 4. The van der Waals surface area contributed by atoms with Gasteiger partial charge in [-0.05, 0) is 97.1 Å². The maximum Gasteiger partial charge on any atom is 0.208 e. The molecular formula is C43H46Br2N10O5S. The maximum atomic E-state index is 8.64. The third-order valence-corrected chi connectivity index (χ3v) is 8.75. The van der Waals surface area contributed by atoms with Gasteiger partial charge in [0.25, 0.3) is 0 Å². The van der Waals surface area contributed by atoms with E-state index in [0.717, 1.165) is 50.1 Å². The van der Waals surface area contributed by atoms with Crippen molar-refractivity contribution in [3.05, 3.63) is 142 Å². The predicted molar refractivity (Wildman–Crippen MR) is 256 cm³/mol. The molecule has 7 N–H and O–H groups in total. The van der Waals surface area contributed by atoms with Crippen molar-refractivity contribution in [1.82, 2.24) is 19.5 Å². The molecule has 0 radical (unpaired) electrons. The topological polar surface area (TPSA) is 210 Å². The minimum atomic E-state index is 0. The van der Waals surface area contributed by atoms with E-state index in [1.54, 1.807) is 49.8 Å². The molecule has 3 aromatic heterocycles. The monoisotopic (exact) mass is 972 g/mol. The third kappa shape index (κ3) is 15.8. The zero-order chi connectivity index (χ0) is 42.6. The minimum absolute atomic E-state index is 0. The highest BCUT2D eigenvalue weighted by atomic mass is 79.9. The maximum absolute atomic E-state index is 8.64. The molecule has 318 valence electrons. The molecule has 7 aromatic rings. The number of nitrogens with two attached hydrogens (primary N) is 1. The Bertz CT molecular complexity index is 2530. The number of aryl methyl sites for hydroxylation is 1. The number of imidazole rings is 1. The second-order valence-corrected chi connectivity index (χ2v) is 13.5. The Labute approximate surface area is 376 Å². The van der Waals surface area contributed by atoms with Gasteiger partial charge in [-0.15, -0.1) is 0 Å². The Morgan fingerprint density at radius 3 is 1.75 bits per heavy atom. The minimum Gasteiger partial charge on any atom is -0.457 e. The number of fused-ring (bicyclic) bond motifs is 1. The number of pyridine rings is 2. The summed E-state index contributed by atoms with van der Waals surface area (Å²) in [5.41, 5.74) is 11.9. The molecule has 15 nitrogen and oxygen atoms in total. The number of aliphatic hydroxyl groups excluding tert-OH is 1. The van der Waals surface area contributed by atoms with Crippen LogP contribution in [0.5, 0.6) is 23.0 Å². The summed E-state index contributed by atoms with van der Waals surface area (Å²) < 4.78 is 15.6. The Kier molecular flexibility index (Phi) is 21.8. The molecule has 0 fully saturated rings. The fraction of sp³-hybridized carbons (Fsp3) is 0.116. The zero-order valence-electron chi connectivity index (χ0n) is 31.7. The van der Waals surface area contributed by atoms with Crippen molar-refractivity contribution in [3.63, 3.8) is 0 Å². The Morgan fingerprint density at radius 2 is 1.25 bits per heavy atom. The van der Waals surface area contributed by atoms with E-state index in [1.807, 2.05) is 90.5 Å². The summed E-state index contributed by atoms with van der Waals surface area (Å²) in [6.45, 7) is 0. The van der Waals surface area contributed by atoms with Crippen molar-refractivity contribution in [3.8, 4) is 23.0 Å². The molecule has 0 aliphatic rings. The van der Waals surface area contributed by atoms with E-state index in [4.69, 9.17) is 30.7 Å². The number of aromatic nitrogens is 4. The van der Waals surface area contributed by atoms with Crippen molar-refractivity contribution in [2.75, 3.05) is 30.5 Å². The number of nitrogens with zero attached hydrogens (tertiary/aromatic N) is 7. The van der Waals surface area contributed by atoms with Crippen LogP contribution in [0.15, 0.2) is 146 Å². The molecule has 0 bridgehead atoms. The smallest absolute Gasteiger partial charge is 0.208 e. The van der Waals surface area contributed by atoms with Crippen molar-refractivity contribution < 1.29 is 25.0 Å². The van der Waals surface area contributed by atoms with Crippen LogP contribution < -0.4 is 25.8 Å². The van der Waals surface area contributed by atoms with Gasteiger partial charge in [0.15, 0.2) is 0 Å². The summed E-state index contributed by atoms with van der Waals surface area (Å²) in [6, 6.07) is 33.3. The fourth-order valence-corrected chi connectivity index (χ4v) is 5.57. The van der Waals surface area contributed by atoms with E-state index in [0.29, 0.717) is 40.1 Å². The number of hydrogen-bond donors (Lipinski definition) is 6. The first-order valence-corrected chi connectivity index (χ1v) is 19.1. The normalized spacial score (nSPS) is 9.93. The average molecular weight is 975 g/mol. The number of oxime groups is 2. The van der Waals surface area contributed by atoms with Gasteiger partial charge in [-0.1, -0.05) is 57.0 Å². The van der Waals surface area contributed by atoms with Crippen LogP contribution in [0.3, 0.4) is 0 Å². The molecule has 7 rings (SSSR count). The number of halogens is 2. The first kappa shape index (κ1) is 50.5.